The molecule has 3 aliphatic rings. The fourth-order valence-electron chi connectivity index (χ4n) is 2.43. The van der Waals surface area contributed by atoms with Crippen LogP contribution in [0.1, 0.15) is 13.3 Å². The molecule has 0 aromatic heterocycles. The van der Waals surface area contributed by atoms with E-state index in [1.54, 1.807) is 13.1 Å². The molecule has 8 nitrogen and oxygen atoms in total. The van der Waals surface area contributed by atoms with Crippen molar-refractivity contribution in [2.75, 3.05) is 6.61 Å². The second-order valence-electron chi connectivity index (χ2n) is 4.56. The minimum atomic E-state index is -0.497. The maximum absolute atomic E-state index is 11.5. The molecule has 18 heavy (non-hydrogen) atoms. The number of carbonyl (C=O) groups is 1. The van der Waals surface area contributed by atoms with Crippen LogP contribution in [0.25, 0.3) is 10.4 Å². The summed E-state index contributed by atoms with van der Waals surface area (Å²) >= 11 is 0. The Balaban J connectivity index is 1.87. The molecule has 0 radical (unpaired) electrons. The number of nitrogens with one attached hydrogen (secondary N) is 1. The molecular weight excluding hydrogens is 238 g/mol. The molecule has 1 N–H and O–H groups in total. The summed E-state index contributed by atoms with van der Waals surface area (Å²) in [6.45, 7) is 2.03. The molecule has 0 aromatic rings. The molecule has 4 atom stereocenters. The van der Waals surface area contributed by atoms with Gasteiger partial charge in [0, 0.05) is 23.1 Å². The molecule has 0 aliphatic carbocycles. The molecule has 2 fully saturated rings. The first kappa shape index (κ1) is 11.3. The van der Waals surface area contributed by atoms with Crippen LogP contribution in [0.5, 0.6) is 0 Å². The van der Waals surface area contributed by atoms with Crippen molar-refractivity contribution in [3.8, 4) is 0 Å². The quantitative estimate of drug-likeness (QED) is 0.415. The Morgan fingerprint density at radius 1 is 1.67 bits per heavy atom. The number of fused-ring (bicyclic) bond motifs is 4. The maximum atomic E-state index is 11.5. The van der Waals surface area contributed by atoms with Crippen molar-refractivity contribution in [3.63, 3.8) is 0 Å². The van der Waals surface area contributed by atoms with Gasteiger partial charge in [0.25, 0.3) is 5.91 Å². The molecule has 3 aliphatic heterocycles. The molecule has 3 rings (SSSR count). The molecule has 3 heterocycles. The van der Waals surface area contributed by atoms with Crippen LogP contribution >= 0.6 is 0 Å². The Labute approximate surface area is 103 Å². The van der Waals surface area contributed by atoms with Crippen molar-refractivity contribution < 1.29 is 14.3 Å². The van der Waals surface area contributed by atoms with Crippen LogP contribution in [0.15, 0.2) is 16.9 Å². The number of hydrogen-bond acceptors (Lipinski definition) is 5. The first-order valence-corrected chi connectivity index (χ1v) is 5.77. The SMILES string of the molecule is CC1=CN2C(NC1=O)OC[C@H]1O[C@@H]2C[C@@H]1N=[N+]=[N-]. The Bertz CT molecular complexity index is 458. The summed E-state index contributed by atoms with van der Waals surface area (Å²) in [6.07, 6.45) is 1.36. The zero-order valence-electron chi connectivity index (χ0n) is 9.81. The van der Waals surface area contributed by atoms with Crippen LogP contribution in [-0.2, 0) is 14.3 Å². The van der Waals surface area contributed by atoms with E-state index in [-0.39, 0.29) is 24.3 Å². The lowest BCUT2D eigenvalue weighted by atomic mass is 10.1. The molecule has 0 saturated carbocycles. The highest BCUT2D eigenvalue weighted by Gasteiger charge is 2.44. The number of azide groups is 1. The third-order valence-corrected chi connectivity index (χ3v) is 3.38. The monoisotopic (exact) mass is 251 g/mol. The van der Waals surface area contributed by atoms with Crippen molar-refractivity contribution in [2.24, 2.45) is 5.11 Å². The van der Waals surface area contributed by atoms with Crippen molar-refractivity contribution in [1.29, 1.82) is 0 Å². The predicted octanol–water partition coefficient (Wildman–Crippen LogP) is 0.430. The van der Waals surface area contributed by atoms with Crippen molar-refractivity contribution in [2.45, 2.75) is 38.1 Å². The summed E-state index contributed by atoms with van der Waals surface area (Å²) in [7, 11) is 0. The molecule has 2 saturated heterocycles. The summed E-state index contributed by atoms with van der Waals surface area (Å²) in [4.78, 5) is 16.2. The number of hydrogen-bond donors (Lipinski definition) is 1. The molecule has 2 bridgehead atoms. The Morgan fingerprint density at radius 2 is 2.50 bits per heavy atom. The second kappa shape index (κ2) is 4.16. The third kappa shape index (κ3) is 1.71. The first-order chi connectivity index (χ1) is 8.69. The van der Waals surface area contributed by atoms with E-state index in [1.165, 1.54) is 0 Å². The van der Waals surface area contributed by atoms with Gasteiger partial charge in [0.05, 0.1) is 18.8 Å². The van der Waals surface area contributed by atoms with E-state index in [0.29, 0.717) is 18.6 Å². The van der Waals surface area contributed by atoms with Crippen LogP contribution in [0.3, 0.4) is 0 Å². The third-order valence-electron chi connectivity index (χ3n) is 3.38. The van der Waals surface area contributed by atoms with E-state index in [9.17, 15) is 4.79 Å². The van der Waals surface area contributed by atoms with Crippen molar-refractivity contribution >= 4 is 5.91 Å². The van der Waals surface area contributed by atoms with E-state index < -0.39 is 6.35 Å². The highest BCUT2D eigenvalue weighted by Crippen LogP contribution is 2.32. The number of ether oxygens (including phenoxy) is 2. The standard InChI is InChI=1S/C10H13N5O3/c1-5-3-15-8-2-6(13-14-11)7(18-8)4-17-10(15)12-9(5)16/h3,6-8,10H,2,4H2,1H3,(H,12,16)/t6-,7+,8+,10?/m0/s1. The smallest absolute Gasteiger partial charge is 0.251 e. The fraction of sp³-hybridized carbons (Fsp3) is 0.700. The molecule has 1 unspecified atom stereocenters. The average molecular weight is 251 g/mol. The number of rotatable bonds is 1. The van der Waals surface area contributed by atoms with E-state index in [1.807, 2.05) is 4.90 Å². The zero-order chi connectivity index (χ0) is 12.7. The zero-order valence-corrected chi connectivity index (χ0v) is 9.81. The van der Waals surface area contributed by atoms with Gasteiger partial charge in [-0.15, -0.1) is 0 Å². The van der Waals surface area contributed by atoms with Gasteiger partial charge in [0.2, 0.25) is 6.35 Å². The minimum absolute atomic E-state index is 0.138. The van der Waals surface area contributed by atoms with Gasteiger partial charge in [0.1, 0.15) is 6.23 Å². The highest BCUT2D eigenvalue weighted by molar-refractivity contribution is 5.93. The molecule has 8 heteroatoms. The van der Waals surface area contributed by atoms with Crippen molar-refractivity contribution in [3.05, 3.63) is 22.2 Å². The second-order valence-corrected chi connectivity index (χ2v) is 4.56. The summed E-state index contributed by atoms with van der Waals surface area (Å²) in [5.74, 6) is -0.138. The van der Waals surface area contributed by atoms with E-state index >= 15 is 0 Å². The lowest BCUT2D eigenvalue weighted by Crippen LogP contribution is -2.54. The molecule has 0 spiro atoms. The highest BCUT2D eigenvalue weighted by atomic mass is 16.6. The normalized spacial score (nSPS) is 38.2. The number of amides is 1. The molecule has 96 valence electrons. The Kier molecular flexibility index (Phi) is 2.62. The lowest BCUT2D eigenvalue weighted by molar-refractivity contribution is -0.135. The van der Waals surface area contributed by atoms with Crippen LogP contribution in [-0.4, -0.2) is 42.1 Å². The first-order valence-electron chi connectivity index (χ1n) is 5.77. The van der Waals surface area contributed by atoms with Crippen molar-refractivity contribution in [1.82, 2.24) is 10.2 Å². The summed E-state index contributed by atoms with van der Waals surface area (Å²) in [5.41, 5.74) is 9.11. The lowest BCUT2D eigenvalue weighted by Gasteiger charge is -2.36. The van der Waals surface area contributed by atoms with Gasteiger partial charge in [0.15, 0.2) is 0 Å². The van der Waals surface area contributed by atoms with E-state index in [0.717, 1.165) is 0 Å². The summed E-state index contributed by atoms with van der Waals surface area (Å²) < 4.78 is 11.4. The summed E-state index contributed by atoms with van der Waals surface area (Å²) in [5, 5.41) is 6.47. The topological polar surface area (TPSA) is 99.6 Å². The van der Waals surface area contributed by atoms with Gasteiger partial charge in [-0.05, 0) is 12.5 Å². The summed E-state index contributed by atoms with van der Waals surface area (Å²) in [6, 6.07) is -0.215. The fourth-order valence-corrected chi connectivity index (χ4v) is 2.43. The van der Waals surface area contributed by atoms with E-state index in [4.69, 9.17) is 15.0 Å². The maximum Gasteiger partial charge on any atom is 0.251 e. The Morgan fingerprint density at radius 3 is 3.28 bits per heavy atom. The van der Waals surface area contributed by atoms with Gasteiger partial charge >= 0.3 is 0 Å². The van der Waals surface area contributed by atoms with Gasteiger partial charge in [-0.25, -0.2) is 0 Å². The van der Waals surface area contributed by atoms with Crippen LogP contribution in [0.2, 0.25) is 0 Å². The van der Waals surface area contributed by atoms with Crippen LogP contribution in [0.4, 0.5) is 0 Å². The Hall–Kier alpha value is -1.76. The largest absolute Gasteiger partial charge is 0.352 e. The van der Waals surface area contributed by atoms with Gasteiger partial charge < -0.3 is 19.7 Å². The molecular formula is C10H13N5O3. The van der Waals surface area contributed by atoms with Crippen LogP contribution < -0.4 is 5.32 Å². The predicted molar refractivity (Wildman–Crippen MR) is 59.7 cm³/mol. The number of nitrogens with zero attached hydrogens (tertiary/aromatic N) is 4. The van der Waals surface area contributed by atoms with E-state index in [2.05, 4.69) is 15.3 Å². The van der Waals surface area contributed by atoms with Gasteiger partial charge in [-0.3, -0.25) is 4.79 Å². The van der Waals surface area contributed by atoms with Gasteiger partial charge in [-0.2, -0.15) is 0 Å². The minimum Gasteiger partial charge on any atom is -0.352 e. The number of carbonyl (C=O) groups excluding carboxylic acids is 1. The average Bonchev–Trinajstić information content (AvgIpc) is 2.65. The molecule has 1 amide bonds. The molecule has 0 aromatic carbocycles. The van der Waals surface area contributed by atoms with Gasteiger partial charge in [-0.1, -0.05) is 5.11 Å². The van der Waals surface area contributed by atoms with Crippen LogP contribution in [0, 0.1) is 0 Å².